The van der Waals surface area contributed by atoms with Crippen LogP contribution >= 0.6 is 0 Å². The molecule has 1 saturated carbocycles. The van der Waals surface area contributed by atoms with Gasteiger partial charge in [-0.2, -0.15) is 0 Å². The maximum Gasteiger partial charge on any atom is 0.292 e. The number of ether oxygens (including phenoxy) is 1. The van der Waals surface area contributed by atoms with E-state index in [1.165, 1.54) is 31.0 Å². The van der Waals surface area contributed by atoms with Gasteiger partial charge in [0.2, 0.25) is 0 Å². The van der Waals surface area contributed by atoms with Crippen LogP contribution < -0.4 is 11.1 Å². The van der Waals surface area contributed by atoms with E-state index in [-0.39, 0.29) is 17.3 Å². The average molecular weight is 293 g/mol. The highest BCUT2D eigenvalue weighted by molar-refractivity contribution is 5.95. The molecule has 0 bridgehead atoms. The van der Waals surface area contributed by atoms with Crippen LogP contribution in [0.3, 0.4) is 0 Å². The highest BCUT2D eigenvalue weighted by atomic mass is 16.6. The molecule has 2 rings (SSSR count). The molecule has 0 heterocycles. The smallest absolute Gasteiger partial charge is 0.292 e. The van der Waals surface area contributed by atoms with Gasteiger partial charge in [-0.05, 0) is 37.3 Å². The monoisotopic (exact) mass is 293 g/mol. The summed E-state index contributed by atoms with van der Waals surface area (Å²) in [6.45, 7) is 1.94. The van der Waals surface area contributed by atoms with Gasteiger partial charge in [0.1, 0.15) is 5.69 Å². The number of nitro benzene ring substituents is 1. The maximum atomic E-state index is 11.9. The first-order valence-electron chi connectivity index (χ1n) is 6.98. The Morgan fingerprint density at radius 3 is 2.86 bits per heavy atom. The molecule has 21 heavy (non-hydrogen) atoms. The second-order valence-electron chi connectivity index (χ2n) is 5.16. The fourth-order valence-corrected chi connectivity index (χ4v) is 1.87. The van der Waals surface area contributed by atoms with E-state index in [0.717, 1.165) is 18.9 Å². The van der Waals surface area contributed by atoms with Gasteiger partial charge in [0, 0.05) is 31.4 Å². The first-order valence-corrected chi connectivity index (χ1v) is 6.98. The highest BCUT2D eigenvalue weighted by Gasteiger charge is 2.20. The summed E-state index contributed by atoms with van der Waals surface area (Å²) < 4.78 is 5.46. The minimum Gasteiger partial charge on any atom is -0.393 e. The zero-order valence-electron chi connectivity index (χ0n) is 11.7. The first-order chi connectivity index (χ1) is 10.1. The summed E-state index contributed by atoms with van der Waals surface area (Å²) >= 11 is 0. The second-order valence-corrected chi connectivity index (χ2v) is 5.16. The number of nitrogens with one attached hydrogen (secondary N) is 1. The van der Waals surface area contributed by atoms with Crippen molar-refractivity contribution in [2.75, 3.05) is 25.5 Å². The molecule has 114 valence electrons. The minimum absolute atomic E-state index is 0.0135. The quantitative estimate of drug-likeness (QED) is 0.328. The third kappa shape index (κ3) is 4.71. The lowest BCUT2D eigenvalue weighted by Gasteiger charge is -2.06. The second kappa shape index (κ2) is 7.03. The number of amides is 1. The molecule has 0 spiro atoms. The molecule has 3 N–H and O–H groups in total. The zero-order chi connectivity index (χ0) is 15.2. The lowest BCUT2D eigenvalue weighted by atomic mass is 10.1. The molecule has 1 fully saturated rings. The summed E-state index contributed by atoms with van der Waals surface area (Å²) in [5, 5.41) is 13.4. The molecule has 0 saturated heterocycles. The van der Waals surface area contributed by atoms with E-state index < -0.39 is 4.92 Å². The number of carbonyl (C=O) groups excluding carboxylic acids is 1. The van der Waals surface area contributed by atoms with Gasteiger partial charge in [0.05, 0.1) is 4.92 Å². The van der Waals surface area contributed by atoms with Gasteiger partial charge >= 0.3 is 0 Å². The number of rotatable bonds is 8. The number of benzene rings is 1. The molecule has 1 aromatic carbocycles. The third-order valence-corrected chi connectivity index (χ3v) is 3.29. The van der Waals surface area contributed by atoms with E-state index in [9.17, 15) is 14.9 Å². The maximum absolute atomic E-state index is 11.9. The molecule has 7 nitrogen and oxygen atoms in total. The number of nitrogens with zero attached hydrogens (tertiary/aromatic N) is 1. The number of hydrogen-bond donors (Lipinski definition) is 2. The summed E-state index contributed by atoms with van der Waals surface area (Å²) in [7, 11) is 0. The van der Waals surface area contributed by atoms with Gasteiger partial charge in [0.25, 0.3) is 11.6 Å². The Bertz CT molecular complexity index is 529. The predicted octanol–water partition coefficient (Wildman–Crippen LogP) is 1.72. The van der Waals surface area contributed by atoms with Crippen LogP contribution in [-0.4, -0.2) is 30.6 Å². The summed E-state index contributed by atoms with van der Waals surface area (Å²) in [4.78, 5) is 21.9. The Labute approximate surface area is 122 Å². The first kappa shape index (κ1) is 15.2. The van der Waals surface area contributed by atoms with Gasteiger partial charge in [-0.3, -0.25) is 14.9 Å². The van der Waals surface area contributed by atoms with Crippen molar-refractivity contribution in [1.29, 1.82) is 0 Å². The summed E-state index contributed by atoms with van der Waals surface area (Å²) in [6.07, 6.45) is 3.26. The summed E-state index contributed by atoms with van der Waals surface area (Å²) in [5.41, 5.74) is 5.66. The normalized spacial score (nSPS) is 13.9. The molecule has 1 amide bonds. The molecule has 0 atom stereocenters. The number of hydrogen-bond acceptors (Lipinski definition) is 5. The summed E-state index contributed by atoms with van der Waals surface area (Å²) in [5.74, 6) is 0.446. The Kier molecular flexibility index (Phi) is 5.10. The van der Waals surface area contributed by atoms with E-state index in [1.807, 2.05) is 0 Å². The van der Waals surface area contributed by atoms with Crippen molar-refractivity contribution in [1.82, 2.24) is 5.32 Å². The molecule has 0 unspecified atom stereocenters. The van der Waals surface area contributed by atoms with Crippen LogP contribution in [0.4, 0.5) is 11.4 Å². The van der Waals surface area contributed by atoms with Gasteiger partial charge in [-0.15, -0.1) is 0 Å². The van der Waals surface area contributed by atoms with Crippen LogP contribution in [0.25, 0.3) is 0 Å². The van der Waals surface area contributed by atoms with Crippen LogP contribution in [-0.2, 0) is 4.74 Å². The van der Waals surface area contributed by atoms with Crippen LogP contribution in [0.5, 0.6) is 0 Å². The zero-order valence-corrected chi connectivity index (χ0v) is 11.7. The van der Waals surface area contributed by atoms with Crippen LogP contribution in [0.2, 0.25) is 0 Å². The lowest BCUT2D eigenvalue weighted by molar-refractivity contribution is -0.383. The van der Waals surface area contributed by atoms with E-state index in [0.29, 0.717) is 18.7 Å². The molecule has 1 aromatic rings. The largest absolute Gasteiger partial charge is 0.393 e. The summed E-state index contributed by atoms with van der Waals surface area (Å²) in [6, 6.07) is 3.95. The fraction of sp³-hybridized carbons (Fsp3) is 0.500. The van der Waals surface area contributed by atoms with Crippen molar-refractivity contribution < 1.29 is 14.5 Å². The Balaban J connectivity index is 1.72. The average Bonchev–Trinajstić information content (AvgIpc) is 3.26. The number of carbonyl (C=O) groups is 1. The van der Waals surface area contributed by atoms with Crippen LogP contribution in [0.1, 0.15) is 29.6 Å². The molecule has 0 aromatic heterocycles. The fourth-order valence-electron chi connectivity index (χ4n) is 1.87. The molecule has 0 radical (unpaired) electrons. The third-order valence-electron chi connectivity index (χ3n) is 3.29. The van der Waals surface area contributed by atoms with Crippen molar-refractivity contribution in [3.05, 3.63) is 33.9 Å². The van der Waals surface area contributed by atoms with Crippen molar-refractivity contribution in [3.63, 3.8) is 0 Å². The van der Waals surface area contributed by atoms with Crippen molar-refractivity contribution in [2.24, 2.45) is 5.92 Å². The molecule has 0 aliphatic heterocycles. The number of nitrogen functional groups attached to an aromatic ring is 1. The standard InChI is InChI=1S/C14H19N3O4/c15-12-8-11(4-5-13(12)17(19)20)14(18)16-6-1-7-21-9-10-2-3-10/h4-5,8,10H,1-3,6-7,9,15H2,(H,16,18). The predicted molar refractivity (Wildman–Crippen MR) is 78.0 cm³/mol. The van der Waals surface area contributed by atoms with E-state index >= 15 is 0 Å². The van der Waals surface area contributed by atoms with Crippen molar-refractivity contribution in [3.8, 4) is 0 Å². The van der Waals surface area contributed by atoms with E-state index in [2.05, 4.69) is 5.32 Å². The molecular weight excluding hydrogens is 274 g/mol. The van der Waals surface area contributed by atoms with Crippen LogP contribution in [0.15, 0.2) is 18.2 Å². The lowest BCUT2D eigenvalue weighted by Crippen LogP contribution is -2.25. The minimum atomic E-state index is -0.575. The molecule has 1 aliphatic carbocycles. The van der Waals surface area contributed by atoms with Crippen molar-refractivity contribution in [2.45, 2.75) is 19.3 Å². The SMILES string of the molecule is Nc1cc(C(=O)NCCCOCC2CC2)ccc1[N+](=O)[O-]. The van der Waals surface area contributed by atoms with E-state index in [1.54, 1.807) is 0 Å². The van der Waals surface area contributed by atoms with Gasteiger partial charge in [-0.25, -0.2) is 0 Å². The van der Waals surface area contributed by atoms with E-state index in [4.69, 9.17) is 10.5 Å². The molecule has 1 aliphatic rings. The van der Waals surface area contributed by atoms with Gasteiger partial charge in [0.15, 0.2) is 0 Å². The highest BCUT2D eigenvalue weighted by Crippen LogP contribution is 2.28. The van der Waals surface area contributed by atoms with Gasteiger partial charge in [-0.1, -0.05) is 0 Å². The molecular formula is C14H19N3O4. The van der Waals surface area contributed by atoms with Crippen molar-refractivity contribution >= 4 is 17.3 Å². The number of nitro groups is 1. The Morgan fingerprint density at radius 1 is 1.48 bits per heavy atom. The number of anilines is 1. The molecule has 7 heteroatoms. The number of nitrogens with two attached hydrogens (primary N) is 1. The van der Waals surface area contributed by atoms with Gasteiger partial charge < -0.3 is 15.8 Å². The Morgan fingerprint density at radius 2 is 2.24 bits per heavy atom. The Hall–Kier alpha value is -2.15. The van der Waals surface area contributed by atoms with Crippen LogP contribution in [0, 0.1) is 16.0 Å². The topological polar surface area (TPSA) is 107 Å².